The molecule has 24 heteroatoms. The van der Waals surface area contributed by atoms with Crippen molar-refractivity contribution in [3.05, 3.63) is 0 Å². The first-order valence-electron chi connectivity index (χ1n) is 17.1. The smallest absolute Gasteiger partial charge is 0.217 e. The normalized spacial score (nSPS) is 45.7. The van der Waals surface area contributed by atoms with Gasteiger partial charge < -0.3 is 106 Å². The first-order chi connectivity index (χ1) is 25.5. The van der Waals surface area contributed by atoms with Crippen molar-refractivity contribution in [2.24, 2.45) is 5.73 Å². The van der Waals surface area contributed by atoms with E-state index in [0.717, 1.165) is 20.8 Å². The number of nitrogens with one attached hydrogen (secondary N) is 3. The lowest BCUT2D eigenvalue weighted by Crippen LogP contribution is -2.71. The van der Waals surface area contributed by atoms with Gasteiger partial charge in [0.05, 0.1) is 32.5 Å². The zero-order valence-corrected chi connectivity index (χ0v) is 29.5. The first kappa shape index (κ1) is 44.4. The largest absolute Gasteiger partial charge is 0.394 e. The van der Waals surface area contributed by atoms with Crippen LogP contribution < -0.4 is 21.7 Å². The van der Waals surface area contributed by atoms with E-state index in [1.165, 1.54) is 0 Å². The van der Waals surface area contributed by atoms with Crippen LogP contribution in [0.5, 0.6) is 0 Å². The zero-order chi connectivity index (χ0) is 40.2. The molecule has 0 aromatic heterocycles. The van der Waals surface area contributed by atoms with Gasteiger partial charge in [-0.1, -0.05) is 0 Å². The Kier molecular flexibility index (Phi) is 15.8. The molecule has 4 rings (SSSR count). The SMILES string of the molecule is CC(=O)N[C@H]1[C@H](O[C@H]2C(O)[C@@H](NC(C)=O)[C@H](O)O[C@@H]2CO)O[C@H](CO)[C@@H](O[C@@H]2O[C@@H](CO)C(O[C@@H]3O[C@H](CO)[C@@H](O)[C@H](O)[C@H]3N)C(O)[C@H]2NC(C)=O)[C@@H]1O. The first-order valence-corrected chi connectivity index (χ1v) is 17.1. The molecule has 4 fully saturated rings. The number of aliphatic hydroxyl groups excluding tert-OH is 10. The maximum atomic E-state index is 12.3. The predicted molar refractivity (Wildman–Crippen MR) is 171 cm³/mol. The highest BCUT2D eigenvalue weighted by Crippen LogP contribution is 2.34. The summed E-state index contributed by atoms with van der Waals surface area (Å²) in [6.45, 7) is -0.0467. The van der Waals surface area contributed by atoms with E-state index in [4.69, 9.17) is 38.9 Å². The summed E-state index contributed by atoms with van der Waals surface area (Å²) in [7, 11) is 0. The van der Waals surface area contributed by atoms with Gasteiger partial charge in [0.25, 0.3) is 0 Å². The molecule has 312 valence electrons. The second kappa shape index (κ2) is 19.2. The third kappa shape index (κ3) is 9.79. The summed E-state index contributed by atoms with van der Waals surface area (Å²) in [4.78, 5) is 36.3. The molecule has 54 heavy (non-hydrogen) atoms. The van der Waals surface area contributed by atoms with Crippen LogP contribution in [0.4, 0.5) is 0 Å². The number of carbonyl (C=O) groups excluding carboxylic acids is 3. The van der Waals surface area contributed by atoms with E-state index in [0.29, 0.717) is 0 Å². The summed E-state index contributed by atoms with van der Waals surface area (Å²) < 4.78 is 40.3. The summed E-state index contributed by atoms with van der Waals surface area (Å²) >= 11 is 0. The van der Waals surface area contributed by atoms with Crippen LogP contribution in [-0.2, 0) is 47.5 Å². The minimum Gasteiger partial charge on any atom is -0.394 e. The van der Waals surface area contributed by atoms with Crippen LogP contribution in [0, 0.1) is 0 Å². The summed E-state index contributed by atoms with van der Waals surface area (Å²) in [6, 6.07) is -6.00. The average Bonchev–Trinajstić information content (AvgIpc) is 3.12. The molecule has 4 aliphatic heterocycles. The molecule has 4 heterocycles. The highest BCUT2D eigenvalue weighted by molar-refractivity contribution is 5.74. The summed E-state index contributed by atoms with van der Waals surface area (Å²) in [5.41, 5.74) is 5.98. The molecular formula is C30H52N4O20. The molecule has 15 N–H and O–H groups in total. The van der Waals surface area contributed by atoms with Crippen LogP contribution in [0.25, 0.3) is 0 Å². The van der Waals surface area contributed by atoms with Crippen molar-refractivity contribution >= 4 is 17.7 Å². The van der Waals surface area contributed by atoms with Gasteiger partial charge in [-0.05, 0) is 0 Å². The summed E-state index contributed by atoms with van der Waals surface area (Å²) in [5.74, 6) is -2.11. The van der Waals surface area contributed by atoms with Gasteiger partial charge in [-0.2, -0.15) is 0 Å². The molecule has 3 amide bonds. The molecule has 0 spiro atoms. The summed E-state index contributed by atoms with van der Waals surface area (Å²) in [6.07, 6.45) is -26.1. The Bertz CT molecular complexity index is 1260. The van der Waals surface area contributed by atoms with Crippen molar-refractivity contribution in [1.82, 2.24) is 16.0 Å². The molecule has 20 atom stereocenters. The van der Waals surface area contributed by atoms with E-state index in [-0.39, 0.29) is 0 Å². The van der Waals surface area contributed by atoms with Crippen molar-refractivity contribution in [3.63, 3.8) is 0 Å². The standard InChI is InChI=1S/C30H52N4O20/c1-8(39)32-16-21(44)24(12(5-36)48-27(16)47)53-29-18(34-10(3)41)23(46)26(14(7-38)51-29)54-30-17(33-9(2)40)22(45)25(13(6-37)50-30)52-28-15(31)20(43)19(42)11(4-35)49-28/h11-30,35-38,42-47H,4-7,31H2,1-3H3,(H,32,39)(H,33,40)(H,34,41)/t11-,12-,13+,14-,15-,16-,17-,18-,19-,20-,21?,22?,23-,24-,25?,26-,27-,28+,29+,30+/m1/s1. The number of hydrogen-bond donors (Lipinski definition) is 14. The van der Waals surface area contributed by atoms with E-state index in [9.17, 15) is 65.4 Å². The Hall–Kier alpha value is -2.31. The van der Waals surface area contributed by atoms with E-state index in [1.807, 2.05) is 0 Å². The van der Waals surface area contributed by atoms with E-state index in [2.05, 4.69) is 16.0 Å². The second-order valence-electron chi connectivity index (χ2n) is 13.4. The molecule has 4 aliphatic rings. The Morgan fingerprint density at radius 3 is 1.22 bits per heavy atom. The molecule has 4 saturated heterocycles. The molecule has 3 unspecified atom stereocenters. The molecule has 0 saturated carbocycles. The number of rotatable bonds is 13. The third-order valence-corrected chi connectivity index (χ3v) is 9.49. The van der Waals surface area contributed by atoms with Crippen molar-refractivity contribution in [2.75, 3.05) is 26.4 Å². The molecule has 0 aliphatic carbocycles. The van der Waals surface area contributed by atoms with Gasteiger partial charge in [-0.15, -0.1) is 0 Å². The van der Waals surface area contributed by atoms with Crippen molar-refractivity contribution in [3.8, 4) is 0 Å². The van der Waals surface area contributed by atoms with Crippen LogP contribution in [-0.4, -0.2) is 218 Å². The number of aliphatic hydroxyl groups is 10. The van der Waals surface area contributed by atoms with Crippen LogP contribution in [0.1, 0.15) is 20.8 Å². The monoisotopic (exact) mass is 788 g/mol. The lowest BCUT2D eigenvalue weighted by molar-refractivity contribution is -0.361. The van der Waals surface area contributed by atoms with Gasteiger partial charge >= 0.3 is 0 Å². The molecule has 0 aromatic carbocycles. The van der Waals surface area contributed by atoms with Crippen LogP contribution in [0.15, 0.2) is 0 Å². The Morgan fingerprint density at radius 2 is 0.833 bits per heavy atom. The van der Waals surface area contributed by atoms with Crippen LogP contribution >= 0.6 is 0 Å². The van der Waals surface area contributed by atoms with Gasteiger partial charge in [0.1, 0.15) is 91.4 Å². The molecule has 0 bridgehead atoms. The lowest BCUT2D eigenvalue weighted by Gasteiger charge is -2.50. The maximum Gasteiger partial charge on any atom is 0.217 e. The van der Waals surface area contributed by atoms with Gasteiger partial charge in [-0.3, -0.25) is 14.4 Å². The predicted octanol–water partition coefficient (Wildman–Crippen LogP) is -9.35. The molecular weight excluding hydrogens is 736 g/mol. The van der Waals surface area contributed by atoms with Crippen molar-refractivity contribution < 1.29 is 98.6 Å². The van der Waals surface area contributed by atoms with Gasteiger partial charge in [-0.25, -0.2) is 0 Å². The Balaban J connectivity index is 1.59. The fourth-order valence-corrected chi connectivity index (χ4v) is 6.81. The van der Waals surface area contributed by atoms with Crippen molar-refractivity contribution in [2.45, 2.75) is 143 Å². The Morgan fingerprint density at radius 1 is 0.500 bits per heavy atom. The van der Waals surface area contributed by atoms with Crippen molar-refractivity contribution in [1.29, 1.82) is 0 Å². The third-order valence-electron chi connectivity index (χ3n) is 9.49. The topological polar surface area (TPSA) is 380 Å². The van der Waals surface area contributed by atoms with Gasteiger partial charge in [0, 0.05) is 20.8 Å². The van der Waals surface area contributed by atoms with E-state index in [1.54, 1.807) is 0 Å². The van der Waals surface area contributed by atoms with Crippen LogP contribution in [0.3, 0.4) is 0 Å². The highest BCUT2D eigenvalue weighted by Gasteiger charge is 2.56. The summed E-state index contributed by atoms with van der Waals surface area (Å²) in [5, 5.41) is 112. The molecule has 0 aromatic rings. The zero-order valence-electron chi connectivity index (χ0n) is 29.5. The Labute approximate surface area is 308 Å². The van der Waals surface area contributed by atoms with E-state index >= 15 is 0 Å². The van der Waals surface area contributed by atoms with Crippen LogP contribution in [0.2, 0.25) is 0 Å². The molecule has 24 nitrogen and oxygen atoms in total. The van der Waals surface area contributed by atoms with Gasteiger partial charge in [0.15, 0.2) is 25.2 Å². The minimum absolute atomic E-state index is 0.655. The minimum atomic E-state index is -1.87. The second-order valence-corrected chi connectivity index (χ2v) is 13.4. The number of amides is 3. The maximum absolute atomic E-state index is 12.3. The quantitative estimate of drug-likeness (QED) is 0.0824. The fourth-order valence-electron chi connectivity index (χ4n) is 6.81. The number of carbonyl (C=O) groups is 3. The van der Waals surface area contributed by atoms with Gasteiger partial charge in [0.2, 0.25) is 17.7 Å². The fraction of sp³-hybridized carbons (Fsp3) is 0.900. The lowest BCUT2D eigenvalue weighted by atomic mass is 9.93. The number of hydrogen-bond acceptors (Lipinski definition) is 21. The highest BCUT2D eigenvalue weighted by atomic mass is 16.8. The molecule has 0 radical (unpaired) electrons. The number of ether oxygens (including phenoxy) is 7. The average molecular weight is 789 g/mol. The van der Waals surface area contributed by atoms with E-state index < -0.39 is 167 Å². The number of nitrogens with two attached hydrogens (primary N) is 1.